The molecule has 0 saturated heterocycles. The van der Waals surface area contributed by atoms with Gasteiger partial charge in [0.15, 0.2) is 18.0 Å². The molecule has 5 nitrogen and oxygen atoms in total. The maximum absolute atomic E-state index is 13.7. The van der Waals surface area contributed by atoms with Gasteiger partial charge >= 0.3 is 0 Å². The molecule has 1 N–H and O–H groups in total. The molecule has 0 aliphatic rings. The predicted octanol–water partition coefficient (Wildman–Crippen LogP) is 14.3. The van der Waals surface area contributed by atoms with Crippen molar-refractivity contribution in [2.45, 2.75) is 239 Å². The summed E-state index contributed by atoms with van der Waals surface area (Å²) in [5, 5.41) is 3.22. The highest BCUT2D eigenvalue weighted by Crippen LogP contribution is 2.35. The molecule has 0 aliphatic heterocycles. The van der Waals surface area contributed by atoms with Crippen LogP contribution in [0.4, 0.5) is 0 Å². The van der Waals surface area contributed by atoms with Crippen LogP contribution in [0.25, 0.3) is 0 Å². The van der Waals surface area contributed by atoms with Gasteiger partial charge in [0.25, 0.3) is 5.91 Å². The van der Waals surface area contributed by atoms with Crippen molar-refractivity contribution in [3.05, 3.63) is 53.9 Å². The van der Waals surface area contributed by atoms with E-state index >= 15 is 0 Å². The highest BCUT2D eigenvalue weighted by molar-refractivity contribution is 5.81. The molecule has 1 unspecified atom stereocenters. The first-order valence-electron chi connectivity index (χ1n) is 24.0. The van der Waals surface area contributed by atoms with Crippen LogP contribution in [-0.2, 0) is 23.2 Å². The first kappa shape index (κ1) is 49.6. The topological polar surface area (TPSA) is 51.4 Å². The quantitative estimate of drug-likeness (QED) is 0.0554. The average molecular weight is 778 g/mol. The molecule has 0 saturated carbocycles. The lowest BCUT2D eigenvalue weighted by Gasteiger charge is -2.25. The Hall–Kier alpha value is -2.56. The van der Waals surface area contributed by atoms with Crippen LogP contribution in [0, 0.1) is 0 Å². The Morgan fingerprint density at radius 2 is 1.14 bits per heavy atom. The van der Waals surface area contributed by atoms with Gasteiger partial charge in [0.1, 0.15) is 18.0 Å². The maximum atomic E-state index is 13.7. The molecule has 2 aromatic rings. The number of hydrogen-bond acceptors (Lipinski definition) is 3. The number of carbonyl (C=O) groups excluding carboxylic acids is 1. The van der Waals surface area contributed by atoms with Crippen LogP contribution in [0.3, 0.4) is 0 Å². The number of aryl methyl sites for hydroxylation is 1. The Balaban J connectivity index is 1.86. The fourth-order valence-electron chi connectivity index (χ4n) is 7.83. The largest absolute Gasteiger partial charge is 0.493 e. The van der Waals surface area contributed by atoms with Gasteiger partial charge in [-0.2, -0.15) is 0 Å². The first-order valence-corrected chi connectivity index (χ1v) is 24.0. The van der Waals surface area contributed by atoms with E-state index in [0.29, 0.717) is 6.54 Å². The summed E-state index contributed by atoms with van der Waals surface area (Å²) < 4.78 is 15.2. The zero-order chi connectivity index (χ0) is 40.5. The molecule has 0 spiro atoms. The second kappa shape index (κ2) is 32.4. The van der Waals surface area contributed by atoms with E-state index in [2.05, 4.69) is 88.0 Å². The summed E-state index contributed by atoms with van der Waals surface area (Å²) in [5.74, 6) is 1.68. The third kappa shape index (κ3) is 23.6. The van der Waals surface area contributed by atoms with Crippen LogP contribution in [0.5, 0.6) is 11.5 Å². The molecule has 2 rings (SSSR count). The van der Waals surface area contributed by atoms with Gasteiger partial charge in [-0.05, 0) is 49.8 Å². The molecular formula is C51H89N2O3+. The van der Waals surface area contributed by atoms with E-state index < -0.39 is 6.10 Å². The lowest BCUT2D eigenvalue weighted by Crippen LogP contribution is -2.42. The predicted molar refractivity (Wildman–Crippen MR) is 240 cm³/mol. The molecule has 320 valence electrons. The SMILES string of the molecule is CCCCCCCCCCCCCCCCC(Oc1ccc(OCCCCCCCCCCCCCC)c(C(C)(C)C)c1)C(=O)NCCc1cccc[n+]1CC. The zero-order valence-corrected chi connectivity index (χ0v) is 37.7. The van der Waals surface area contributed by atoms with Gasteiger partial charge in [-0.25, -0.2) is 4.57 Å². The highest BCUT2D eigenvalue weighted by atomic mass is 16.5. The maximum Gasteiger partial charge on any atom is 0.261 e. The van der Waals surface area contributed by atoms with Gasteiger partial charge in [-0.1, -0.05) is 195 Å². The number of nitrogens with one attached hydrogen (secondary N) is 1. The molecule has 0 bridgehead atoms. The van der Waals surface area contributed by atoms with Crippen molar-refractivity contribution in [1.29, 1.82) is 0 Å². The molecule has 0 fully saturated rings. The number of amides is 1. The Kier molecular flexibility index (Phi) is 28.7. The molecule has 56 heavy (non-hydrogen) atoms. The smallest absolute Gasteiger partial charge is 0.261 e. The van der Waals surface area contributed by atoms with Crippen molar-refractivity contribution in [3.63, 3.8) is 0 Å². The van der Waals surface area contributed by atoms with E-state index in [4.69, 9.17) is 9.47 Å². The van der Waals surface area contributed by atoms with E-state index in [0.717, 1.165) is 62.3 Å². The summed E-state index contributed by atoms with van der Waals surface area (Å²) in [7, 11) is 0. The molecule has 1 aromatic carbocycles. The zero-order valence-electron chi connectivity index (χ0n) is 37.7. The van der Waals surface area contributed by atoms with E-state index in [1.165, 1.54) is 153 Å². The minimum absolute atomic E-state index is 0.0108. The van der Waals surface area contributed by atoms with Gasteiger partial charge in [-0.3, -0.25) is 4.79 Å². The summed E-state index contributed by atoms with van der Waals surface area (Å²) in [6.07, 6.45) is 37.7. The minimum Gasteiger partial charge on any atom is -0.493 e. The van der Waals surface area contributed by atoms with Gasteiger partial charge in [0.2, 0.25) is 0 Å². The first-order chi connectivity index (χ1) is 27.3. The average Bonchev–Trinajstić information content (AvgIpc) is 3.19. The van der Waals surface area contributed by atoms with Crippen LogP contribution < -0.4 is 19.4 Å². The van der Waals surface area contributed by atoms with E-state index in [1.807, 2.05) is 6.07 Å². The normalized spacial score (nSPS) is 12.2. The Labute approximate surface area is 346 Å². The number of aromatic nitrogens is 1. The van der Waals surface area contributed by atoms with Crippen LogP contribution >= 0.6 is 0 Å². The molecule has 1 aromatic heterocycles. The molecule has 1 atom stereocenters. The van der Waals surface area contributed by atoms with Gasteiger partial charge < -0.3 is 14.8 Å². The summed E-state index contributed by atoms with van der Waals surface area (Å²) in [6, 6.07) is 12.5. The molecule has 0 aliphatic carbocycles. The molecular weight excluding hydrogens is 689 g/mol. The van der Waals surface area contributed by atoms with Crippen molar-refractivity contribution >= 4 is 5.91 Å². The second-order valence-corrected chi connectivity index (χ2v) is 17.7. The molecule has 5 heteroatoms. The number of benzene rings is 1. The third-order valence-electron chi connectivity index (χ3n) is 11.5. The fraction of sp³-hybridized carbons (Fsp3) is 0.765. The lowest BCUT2D eigenvalue weighted by molar-refractivity contribution is -0.700. The number of nitrogens with zero attached hydrogens (tertiary/aromatic N) is 1. The van der Waals surface area contributed by atoms with Crippen molar-refractivity contribution in [2.24, 2.45) is 0 Å². The Morgan fingerprint density at radius 1 is 0.643 bits per heavy atom. The van der Waals surface area contributed by atoms with E-state index in [-0.39, 0.29) is 11.3 Å². The van der Waals surface area contributed by atoms with Crippen molar-refractivity contribution in [1.82, 2.24) is 5.32 Å². The standard InChI is InChI=1S/C51H88N2O3/c1-7-10-12-14-16-18-20-22-23-24-26-28-30-32-37-49(50(54)52-41-40-45-36-33-34-42-53(45)9-3)56-46-38-39-48(47(44-46)51(4,5)6)55-43-35-31-29-27-25-21-19-17-15-13-11-8-2/h33-34,36,38-39,42,44,49H,7-32,35,37,40-41,43H2,1-6H3/p+1. The molecule has 0 radical (unpaired) electrons. The summed E-state index contributed by atoms with van der Waals surface area (Å²) >= 11 is 0. The monoisotopic (exact) mass is 778 g/mol. The summed E-state index contributed by atoms with van der Waals surface area (Å²) in [6.45, 7) is 15.7. The van der Waals surface area contributed by atoms with Crippen molar-refractivity contribution in [2.75, 3.05) is 13.2 Å². The van der Waals surface area contributed by atoms with Crippen LogP contribution in [0.15, 0.2) is 42.6 Å². The van der Waals surface area contributed by atoms with Gasteiger partial charge in [-0.15, -0.1) is 0 Å². The number of unbranched alkanes of at least 4 members (excludes halogenated alkanes) is 24. The van der Waals surface area contributed by atoms with Crippen LogP contribution in [0.1, 0.15) is 226 Å². The van der Waals surface area contributed by atoms with Gasteiger partial charge in [0.05, 0.1) is 6.61 Å². The fourth-order valence-corrected chi connectivity index (χ4v) is 7.83. The number of hydrogen-bond donors (Lipinski definition) is 1. The number of ether oxygens (including phenoxy) is 2. The van der Waals surface area contributed by atoms with E-state index in [9.17, 15) is 4.79 Å². The van der Waals surface area contributed by atoms with Crippen LogP contribution in [-0.4, -0.2) is 25.2 Å². The van der Waals surface area contributed by atoms with E-state index in [1.54, 1.807) is 0 Å². The highest BCUT2D eigenvalue weighted by Gasteiger charge is 2.24. The van der Waals surface area contributed by atoms with Crippen molar-refractivity contribution in [3.8, 4) is 11.5 Å². The van der Waals surface area contributed by atoms with Crippen LogP contribution in [0.2, 0.25) is 0 Å². The molecule has 1 amide bonds. The Morgan fingerprint density at radius 3 is 1.64 bits per heavy atom. The summed E-state index contributed by atoms with van der Waals surface area (Å²) in [5.41, 5.74) is 2.26. The minimum atomic E-state index is -0.512. The summed E-state index contributed by atoms with van der Waals surface area (Å²) in [4.78, 5) is 13.7. The lowest BCUT2D eigenvalue weighted by atomic mass is 9.86. The third-order valence-corrected chi connectivity index (χ3v) is 11.5. The molecule has 1 heterocycles. The van der Waals surface area contributed by atoms with Gasteiger partial charge in [0, 0.05) is 30.7 Å². The number of rotatable bonds is 36. The second-order valence-electron chi connectivity index (χ2n) is 17.7. The Bertz CT molecular complexity index is 1240. The number of carbonyl (C=O) groups is 1. The number of pyridine rings is 1. The van der Waals surface area contributed by atoms with Crippen molar-refractivity contribution < 1.29 is 18.8 Å².